The van der Waals surface area contributed by atoms with Gasteiger partial charge >= 0.3 is 0 Å². The van der Waals surface area contributed by atoms with Crippen molar-refractivity contribution in [3.8, 4) is 0 Å². The van der Waals surface area contributed by atoms with Gasteiger partial charge in [0.1, 0.15) is 5.78 Å². The fraction of sp³-hybridized carbons (Fsp3) is 0.500. The molecule has 2 heterocycles. The number of hydrogen-bond acceptors (Lipinski definition) is 2. The predicted octanol–water partition coefficient (Wildman–Crippen LogP) is 2.52. The minimum absolute atomic E-state index is 0.143. The van der Waals surface area contributed by atoms with E-state index in [9.17, 15) is 4.79 Å². The van der Waals surface area contributed by atoms with Gasteiger partial charge in [-0.1, -0.05) is 18.2 Å². The van der Waals surface area contributed by atoms with Crippen molar-refractivity contribution in [3.63, 3.8) is 0 Å². The molecule has 1 atom stereocenters. The zero-order valence-electron chi connectivity index (χ0n) is 9.70. The lowest BCUT2D eigenvalue weighted by Gasteiger charge is -2.39. The van der Waals surface area contributed by atoms with Crippen molar-refractivity contribution in [2.24, 2.45) is 0 Å². The van der Waals surface area contributed by atoms with Crippen molar-refractivity contribution in [1.82, 2.24) is 0 Å². The average Bonchev–Trinajstić information content (AvgIpc) is 2.30. The van der Waals surface area contributed by atoms with Crippen LogP contribution in [0, 0.1) is 0 Å². The number of anilines is 1. The summed E-state index contributed by atoms with van der Waals surface area (Å²) in [6.45, 7) is 3.94. The van der Waals surface area contributed by atoms with Crippen LogP contribution in [0.5, 0.6) is 0 Å². The van der Waals surface area contributed by atoms with Crippen molar-refractivity contribution in [1.29, 1.82) is 0 Å². The Morgan fingerprint density at radius 1 is 1.38 bits per heavy atom. The Labute approximate surface area is 96.3 Å². The SMILES string of the molecule is CC(=O)C1CCN2CCCc3cccc1c32. The molecule has 84 valence electrons. The average molecular weight is 215 g/mol. The summed E-state index contributed by atoms with van der Waals surface area (Å²) in [6, 6.07) is 6.47. The highest BCUT2D eigenvalue weighted by Gasteiger charge is 2.30. The molecule has 3 rings (SSSR count). The Morgan fingerprint density at radius 3 is 3.06 bits per heavy atom. The molecule has 2 heteroatoms. The summed E-state index contributed by atoms with van der Waals surface area (Å²) >= 11 is 0. The van der Waals surface area contributed by atoms with Gasteiger partial charge in [-0.2, -0.15) is 0 Å². The van der Waals surface area contributed by atoms with Gasteiger partial charge in [0, 0.05) is 24.7 Å². The highest BCUT2D eigenvalue weighted by atomic mass is 16.1. The van der Waals surface area contributed by atoms with Crippen LogP contribution in [-0.2, 0) is 11.2 Å². The van der Waals surface area contributed by atoms with Gasteiger partial charge < -0.3 is 4.90 Å². The lowest BCUT2D eigenvalue weighted by atomic mass is 9.83. The highest BCUT2D eigenvalue weighted by Crippen LogP contribution is 2.40. The van der Waals surface area contributed by atoms with Crippen molar-refractivity contribution >= 4 is 11.5 Å². The summed E-state index contributed by atoms with van der Waals surface area (Å²) < 4.78 is 0. The molecular formula is C14H17NO. The molecule has 0 amide bonds. The summed E-state index contributed by atoms with van der Waals surface area (Å²) in [6.07, 6.45) is 3.41. The normalized spacial score (nSPS) is 22.8. The predicted molar refractivity (Wildman–Crippen MR) is 65.0 cm³/mol. The maximum atomic E-state index is 11.7. The number of carbonyl (C=O) groups excluding carboxylic acids is 1. The number of hydrogen-bond donors (Lipinski definition) is 0. The van der Waals surface area contributed by atoms with E-state index < -0.39 is 0 Å². The number of ketones is 1. The highest BCUT2D eigenvalue weighted by molar-refractivity contribution is 5.87. The van der Waals surface area contributed by atoms with Crippen molar-refractivity contribution in [3.05, 3.63) is 29.3 Å². The Hall–Kier alpha value is -1.31. The number of para-hydroxylation sites is 1. The maximum Gasteiger partial charge on any atom is 0.137 e. The first-order valence-corrected chi connectivity index (χ1v) is 6.14. The Morgan fingerprint density at radius 2 is 2.25 bits per heavy atom. The molecule has 2 aliphatic rings. The van der Waals surface area contributed by atoms with Crippen LogP contribution in [0.2, 0.25) is 0 Å². The summed E-state index contributed by atoms with van der Waals surface area (Å²) in [7, 11) is 0. The van der Waals surface area contributed by atoms with Crippen molar-refractivity contribution < 1.29 is 4.79 Å². The molecule has 0 spiro atoms. The lowest BCUT2D eigenvalue weighted by Crippen LogP contribution is -2.37. The number of rotatable bonds is 1. The summed E-state index contributed by atoms with van der Waals surface area (Å²) in [4.78, 5) is 14.1. The van der Waals surface area contributed by atoms with Gasteiger partial charge in [-0.25, -0.2) is 0 Å². The Kier molecular flexibility index (Phi) is 2.23. The van der Waals surface area contributed by atoms with Crippen LogP contribution < -0.4 is 4.90 Å². The molecule has 1 unspecified atom stereocenters. The molecule has 2 nitrogen and oxygen atoms in total. The molecule has 1 aromatic rings. The molecule has 0 N–H and O–H groups in total. The number of nitrogens with zero attached hydrogens (tertiary/aromatic N) is 1. The minimum atomic E-state index is 0.143. The first-order chi connectivity index (χ1) is 7.77. The second kappa shape index (κ2) is 3.62. The maximum absolute atomic E-state index is 11.7. The fourth-order valence-electron chi connectivity index (χ4n) is 3.14. The van der Waals surface area contributed by atoms with E-state index in [-0.39, 0.29) is 5.92 Å². The molecule has 0 bridgehead atoms. The summed E-state index contributed by atoms with van der Waals surface area (Å²) in [5, 5.41) is 0. The zero-order valence-corrected chi connectivity index (χ0v) is 9.70. The van der Waals surface area contributed by atoms with Crippen LogP contribution in [0.25, 0.3) is 0 Å². The minimum Gasteiger partial charge on any atom is -0.371 e. The molecule has 0 saturated heterocycles. The second-order valence-corrected chi connectivity index (χ2v) is 4.90. The van der Waals surface area contributed by atoms with Gasteiger partial charge in [0.25, 0.3) is 0 Å². The third-order valence-corrected chi connectivity index (χ3v) is 3.89. The van der Waals surface area contributed by atoms with Crippen LogP contribution in [0.15, 0.2) is 18.2 Å². The number of aryl methyl sites for hydroxylation is 1. The van der Waals surface area contributed by atoms with Gasteiger partial charge in [-0.05, 0) is 37.3 Å². The lowest BCUT2D eigenvalue weighted by molar-refractivity contribution is -0.118. The van der Waals surface area contributed by atoms with Crippen LogP contribution in [-0.4, -0.2) is 18.9 Å². The monoisotopic (exact) mass is 215 g/mol. The van der Waals surface area contributed by atoms with Gasteiger partial charge in [0.05, 0.1) is 0 Å². The number of Topliss-reactive ketones (excluding diaryl/α,β-unsaturated/α-hetero) is 1. The number of benzene rings is 1. The van der Waals surface area contributed by atoms with Gasteiger partial charge in [-0.3, -0.25) is 4.79 Å². The summed E-state index contributed by atoms with van der Waals surface area (Å²) in [5.74, 6) is 0.461. The summed E-state index contributed by atoms with van der Waals surface area (Å²) in [5.41, 5.74) is 4.09. The van der Waals surface area contributed by atoms with E-state index in [0.717, 1.165) is 19.5 Å². The molecule has 16 heavy (non-hydrogen) atoms. The fourth-order valence-corrected chi connectivity index (χ4v) is 3.14. The van der Waals surface area contributed by atoms with Crippen LogP contribution in [0.4, 0.5) is 5.69 Å². The van der Waals surface area contributed by atoms with Crippen LogP contribution >= 0.6 is 0 Å². The molecule has 0 radical (unpaired) electrons. The van der Waals surface area contributed by atoms with Gasteiger partial charge in [-0.15, -0.1) is 0 Å². The number of carbonyl (C=O) groups is 1. The first-order valence-electron chi connectivity index (χ1n) is 6.14. The third kappa shape index (κ3) is 1.36. The molecule has 0 fully saturated rings. The van der Waals surface area contributed by atoms with Gasteiger partial charge in [0.2, 0.25) is 0 Å². The van der Waals surface area contributed by atoms with E-state index in [0.29, 0.717) is 5.78 Å². The quantitative estimate of drug-likeness (QED) is 0.717. The molecular weight excluding hydrogens is 198 g/mol. The van der Waals surface area contributed by atoms with Gasteiger partial charge in [0.15, 0.2) is 0 Å². The Balaban J connectivity index is 2.15. The molecule has 2 aliphatic heterocycles. The smallest absolute Gasteiger partial charge is 0.137 e. The van der Waals surface area contributed by atoms with E-state index >= 15 is 0 Å². The first kappa shape index (κ1) is 9.88. The van der Waals surface area contributed by atoms with Crippen molar-refractivity contribution in [2.75, 3.05) is 18.0 Å². The largest absolute Gasteiger partial charge is 0.371 e. The van der Waals surface area contributed by atoms with E-state index in [1.54, 1.807) is 6.92 Å². The van der Waals surface area contributed by atoms with E-state index in [4.69, 9.17) is 0 Å². The Bertz CT molecular complexity index is 438. The van der Waals surface area contributed by atoms with Crippen LogP contribution in [0.1, 0.15) is 36.8 Å². The molecule has 0 aliphatic carbocycles. The third-order valence-electron chi connectivity index (χ3n) is 3.89. The molecule has 0 saturated carbocycles. The zero-order chi connectivity index (χ0) is 11.1. The molecule has 1 aromatic carbocycles. The standard InChI is InChI=1S/C14H17NO/c1-10(16)12-7-9-15-8-3-5-11-4-2-6-13(12)14(11)15/h2,4,6,12H,3,5,7-9H2,1H3. The second-order valence-electron chi connectivity index (χ2n) is 4.90. The molecule has 0 aromatic heterocycles. The topological polar surface area (TPSA) is 20.3 Å². The van der Waals surface area contributed by atoms with E-state index in [1.165, 1.54) is 29.7 Å². The van der Waals surface area contributed by atoms with E-state index in [1.807, 2.05) is 0 Å². The van der Waals surface area contributed by atoms with Crippen LogP contribution in [0.3, 0.4) is 0 Å². The van der Waals surface area contributed by atoms with Crippen molar-refractivity contribution in [2.45, 2.75) is 32.1 Å². The van der Waals surface area contributed by atoms with E-state index in [2.05, 4.69) is 23.1 Å².